The zero-order chi connectivity index (χ0) is 12.1. The number of aldehydes is 1. The van der Waals surface area contributed by atoms with E-state index in [1.54, 1.807) is 0 Å². The summed E-state index contributed by atoms with van der Waals surface area (Å²) < 4.78 is 5.90. The summed E-state index contributed by atoms with van der Waals surface area (Å²) in [5.74, 6) is 0.115. The Morgan fingerprint density at radius 2 is 2.12 bits per heavy atom. The summed E-state index contributed by atoms with van der Waals surface area (Å²) in [4.78, 5) is 23.3. The molecule has 0 radical (unpaired) electrons. The Morgan fingerprint density at radius 3 is 2.62 bits per heavy atom. The highest BCUT2D eigenvalue weighted by atomic mass is 16.5. The maximum atomic E-state index is 12.3. The van der Waals surface area contributed by atoms with Gasteiger partial charge in [0.1, 0.15) is 17.7 Å². The van der Waals surface area contributed by atoms with Crippen LogP contribution in [0.25, 0.3) is 0 Å². The van der Waals surface area contributed by atoms with Crippen molar-refractivity contribution in [2.75, 3.05) is 0 Å². The lowest BCUT2D eigenvalue weighted by Crippen LogP contribution is -2.51. The van der Waals surface area contributed by atoms with Crippen LogP contribution in [-0.2, 0) is 14.3 Å². The van der Waals surface area contributed by atoms with Gasteiger partial charge in [0.05, 0.1) is 12.0 Å². The molecule has 0 saturated carbocycles. The van der Waals surface area contributed by atoms with Crippen LogP contribution in [0.1, 0.15) is 27.7 Å². The third-order valence-electron chi connectivity index (χ3n) is 4.08. The number of fused-ring (bicyclic) bond motifs is 2. The van der Waals surface area contributed by atoms with Crippen LogP contribution in [0.2, 0.25) is 0 Å². The van der Waals surface area contributed by atoms with Gasteiger partial charge in [-0.15, -0.1) is 0 Å². The lowest BCUT2D eigenvalue weighted by Gasteiger charge is -2.41. The van der Waals surface area contributed by atoms with Gasteiger partial charge in [-0.25, -0.2) is 0 Å². The predicted octanol–water partition coefficient (Wildman–Crippen LogP) is 1.76. The topological polar surface area (TPSA) is 43.4 Å². The van der Waals surface area contributed by atoms with Gasteiger partial charge in [-0.1, -0.05) is 20.8 Å². The number of carbonyl (C=O) groups excluding carboxylic acids is 2. The Bertz CT molecular complexity index is 369. The first-order chi connectivity index (χ1) is 7.41. The van der Waals surface area contributed by atoms with Crippen molar-refractivity contribution in [1.82, 2.24) is 0 Å². The lowest BCUT2D eigenvalue weighted by atomic mass is 9.74. The second-order valence-corrected chi connectivity index (χ2v) is 5.32. The maximum Gasteiger partial charge on any atom is 0.148 e. The van der Waals surface area contributed by atoms with E-state index in [1.165, 1.54) is 0 Å². The molecule has 4 atom stereocenters. The van der Waals surface area contributed by atoms with Gasteiger partial charge >= 0.3 is 0 Å². The minimum Gasteiger partial charge on any atom is -0.362 e. The first-order valence-electron chi connectivity index (χ1n) is 5.81. The van der Waals surface area contributed by atoms with Crippen molar-refractivity contribution in [3.63, 3.8) is 0 Å². The molecule has 2 heterocycles. The molecule has 0 N–H and O–H groups in total. The summed E-state index contributed by atoms with van der Waals surface area (Å²) in [7, 11) is 0. The van der Waals surface area contributed by atoms with Crippen molar-refractivity contribution in [3.8, 4) is 0 Å². The number of Topliss-reactive ketones (excluding diaryl/α,β-unsaturated/α-hetero) is 1. The van der Waals surface area contributed by atoms with Crippen molar-refractivity contribution in [1.29, 1.82) is 0 Å². The van der Waals surface area contributed by atoms with Gasteiger partial charge in [-0.05, 0) is 18.9 Å². The molecule has 2 bridgehead atoms. The predicted molar refractivity (Wildman–Crippen MR) is 59.9 cm³/mol. The first-order valence-corrected chi connectivity index (χ1v) is 5.81. The molecule has 16 heavy (non-hydrogen) atoms. The molecule has 3 nitrogen and oxygen atoms in total. The largest absolute Gasteiger partial charge is 0.362 e. The number of ketones is 1. The average Bonchev–Trinajstić information content (AvgIpc) is 2.51. The second-order valence-electron chi connectivity index (χ2n) is 5.32. The van der Waals surface area contributed by atoms with Gasteiger partial charge in [0.15, 0.2) is 0 Å². The van der Waals surface area contributed by atoms with Crippen LogP contribution in [0.15, 0.2) is 11.6 Å². The summed E-state index contributed by atoms with van der Waals surface area (Å²) >= 11 is 0. The van der Waals surface area contributed by atoms with E-state index in [9.17, 15) is 9.59 Å². The highest BCUT2D eigenvalue weighted by molar-refractivity contribution is 5.91. The Labute approximate surface area is 95.9 Å². The molecular formula is C13H18O3. The SMILES string of the molecule is CC(C)[C@@H]1C(=O)[C@@H](C)[C@]2(C)O[C@H]1C=C2C=O. The van der Waals surface area contributed by atoms with Crippen LogP contribution in [-0.4, -0.2) is 23.8 Å². The fraction of sp³-hybridized carbons (Fsp3) is 0.692. The molecule has 0 aliphatic carbocycles. The molecule has 1 saturated heterocycles. The van der Waals surface area contributed by atoms with Crippen LogP contribution in [0.5, 0.6) is 0 Å². The van der Waals surface area contributed by atoms with Gasteiger partial charge in [0.25, 0.3) is 0 Å². The average molecular weight is 222 g/mol. The van der Waals surface area contributed by atoms with Crippen LogP contribution in [0, 0.1) is 17.8 Å². The van der Waals surface area contributed by atoms with E-state index >= 15 is 0 Å². The molecule has 88 valence electrons. The van der Waals surface area contributed by atoms with E-state index in [0.29, 0.717) is 5.57 Å². The number of rotatable bonds is 2. The van der Waals surface area contributed by atoms with Crippen LogP contribution < -0.4 is 0 Å². The zero-order valence-electron chi connectivity index (χ0n) is 10.2. The molecule has 2 aliphatic rings. The fourth-order valence-electron chi connectivity index (χ4n) is 2.84. The third kappa shape index (κ3) is 1.31. The van der Waals surface area contributed by atoms with E-state index in [0.717, 1.165) is 6.29 Å². The third-order valence-corrected chi connectivity index (χ3v) is 4.08. The van der Waals surface area contributed by atoms with Gasteiger partial charge in [-0.2, -0.15) is 0 Å². The lowest BCUT2D eigenvalue weighted by molar-refractivity contribution is -0.162. The van der Waals surface area contributed by atoms with E-state index in [2.05, 4.69) is 0 Å². The minimum absolute atomic E-state index is 0.111. The molecule has 1 fully saturated rings. The van der Waals surface area contributed by atoms with Gasteiger partial charge in [-0.3, -0.25) is 9.59 Å². The monoisotopic (exact) mass is 222 g/mol. The first kappa shape index (κ1) is 11.5. The standard InChI is InChI=1S/C13H18O3/c1-7(2)11-10-5-9(6-14)13(4,16-10)8(3)12(11)15/h5-8,10-11H,1-4H3/t8-,10+,11+,13+/m1/s1. The van der Waals surface area contributed by atoms with E-state index in [4.69, 9.17) is 4.74 Å². The zero-order valence-corrected chi connectivity index (χ0v) is 10.2. The summed E-state index contributed by atoms with van der Waals surface area (Å²) in [6.45, 7) is 7.74. The molecule has 3 heteroatoms. The van der Waals surface area contributed by atoms with Crippen molar-refractivity contribution in [2.24, 2.45) is 17.8 Å². The molecule has 0 amide bonds. The van der Waals surface area contributed by atoms with Crippen molar-refractivity contribution < 1.29 is 14.3 Å². The summed E-state index contributed by atoms with van der Waals surface area (Å²) in [5, 5.41) is 0. The molecule has 2 rings (SSSR count). The molecular weight excluding hydrogens is 204 g/mol. The summed E-state index contributed by atoms with van der Waals surface area (Å²) in [5.41, 5.74) is -0.0731. The van der Waals surface area contributed by atoms with Gasteiger partial charge in [0, 0.05) is 11.5 Å². The highest BCUT2D eigenvalue weighted by Gasteiger charge is 2.55. The molecule has 0 aromatic rings. The molecule has 2 aliphatic heterocycles. The fourth-order valence-corrected chi connectivity index (χ4v) is 2.84. The number of hydrogen-bond donors (Lipinski definition) is 0. The van der Waals surface area contributed by atoms with E-state index in [-0.39, 0.29) is 29.6 Å². The van der Waals surface area contributed by atoms with Gasteiger partial charge in [0.2, 0.25) is 0 Å². The van der Waals surface area contributed by atoms with Crippen molar-refractivity contribution in [2.45, 2.75) is 39.4 Å². The molecule has 0 spiro atoms. The molecule has 0 aromatic carbocycles. The number of ether oxygens (including phenoxy) is 1. The van der Waals surface area contributed by atoms with Gasteiger partial charge < -0.3 is 4.74 Å². The Balaban J connectivity index is 2.44. The van der Waals surface area contributed by atoms with Crippen molar-refractivity contribution >= 4 is 12.1 Å². The Kier molecular flexibility index (Phi) is 2.54. The van der Waals surface area contributed by atoms with Crippen LogP contribution >= 0.6 is 0 Å². The normalized spacial score (nSPS) is 42.4. The van der Waals surface area contributed by atoms with Crippen molar-refractivity contribution in [3.05, 3.63) is 11.6 Å². The minimum atomic E-state index is -0.700. The summed E-state index contributed by atoms with van der Waals surface area (Å²) in [6, 6.07) is 0. The Hall–Kier alpha value is -0.960. The van der Waals surface area contributed by atoms with Crippen LogP contribution in [0.3, 0.4) is 0 Å². The van der Waals surface area contributed by atoms with E-state index in [1.807, 2.05) is 33.8 Å². The maximum absolute atomic E-state index is 12.3. The number of hydrogen-bond acceptors (Lipinski definition) is 3. The smallest absolute Gasteiger partial charge is 0.148 e. The Morgan fingerprint density at radius 1 is 1.50 bits per heavy atom. The number of carbonyl (C=O) groups is 2. The van der Waals surface area contributed by atoms with Crippen LogP contribution in [0.4, 0.5) is 0 Å². The molecule has 0 aromatic heterocycles. The second kappa shape index (κ2) is 3.52. The highest BCUT2D eigenvalue weighted by Crippen LogP contribution is 2.46. The summed E-state index contributed by atoms with van der Waals surface area (Å²) in [6.07, 6.45) is 2.44. The van der Waals surface area contributed by atoms with E-state index < -0.39 is 5.60 Å². The molecule has 0 unspecified atom stereocenters. The quantitative estimate of drug-likeness (QED) is 0.669.